The van der Waals surface area contributed by atoms with Crippen LogP contribution in [0.25, 0.3) is 0 Å². The first-order valence-electron chi connectivity index (χ1n) is 5.06. The number of nitrogens with two attached hydrogens (primary N) is 1. The lowest BCUT2D eigenvalue weighted by Gasteiger charge is -2.31. The molecule has 0 aromatic rings. The lowest BCUT2D eigenvalue weighted by atomic mass is 10.1. The zero-order chi connectivity index (χ0) is 10.4. The Morgan fingerprint density at radius 2 is 2.50 bits per heavy atom. The first-order chi connectivity index (χ1) is 6.76. The van der Waals surface area contributed by atoms with Gasteiger partial charge in [-0.2, -0.15) is 0 Å². The summed E-state index contributed by atoms with van der Waals surface area (Å²) < 4.78 is 5.54. The first kappa shape index (κ1) is 11.3. The van der Waals surface area contributed by atoms with E-state index in [-0.39, 0.29) is 5.84 Å². The molecule has 82 valence electrons. The normalized spacial score (nSPS) is 25.2. The Kier molecular flexibility index (Phi) is 4.69. The molecule has 0 aromatic carbocycles. The van der Waals surface area contributed by atoms with Gasteiger partial charge in [0.05, 0.1) is 12.6 Å². The van der Waals surface area contributed by atoms with Crippen molar-refractivity contribution >= 4 is 5.84 Å². The molecule has 0 aliphatic carbocycles. The minimum Gasteiger partial charge on any atom is -0.409 e. The number of amidine groups is 1. The van der Waals surface area contributed by atoms with Gasteiger partial charge in [-0.15, -0.1) is 0 Å². The Balaban J connectivity index is 2.32. The van der Waals surface area contributed by atoms with Crippen LogP contribution in [0.1, 0.15) is 19.8 Å². The number of hydrogen-bond acceptors (Lipinski definition) is 4. The van der Waals surface area contributed by atoms with Crippen molar-refractivity contribution < 1.29 is 9.94 Å². The minimum absolute atomic E-state index is 0.266. The molecule has 3 N–H and O–H groups in total. The molecule has 0 amide bonds. The maximum absolute atomic E-state index is 8.44. The van der Waals surface area contributed by atoms with E-state index in [0.717, 1.165) is 32.5 Å². The van der Waals surface area contributed by atoms with Gasteiger partial charge in [0.2, 0.25) is 0 Å². The van der Waals surface area contributed by atoms with Gasteiger partial charge in [0.15, 0.2) is 5.84 Å². The summed E-state index contributed by atoms with van der Waals surface area (Å²) in [6.07, 6.45) is 2.53. The summed E-state index contributed by atoms with van der Waals surface area (Å²) in [5, 5.41) is 11.4. The van der Waals surface area contributed by atoms with Gasteiger partial charge in [-0.1, -0.05) is 5.16 Å². The molecule has 5 nitrogen and oxygen atoms in total. The first-order valence-corrected chi connectivity index (χ1v) is 5.06. The maximum Gasteiger partial charge on any atom is 0.153 e. The van der Waals surface area contributed by atoms with Crippen molar-refractivity contribution in [1.82, 2.24) is 4.90 Å². The van der Waals surface area contributed by atoms with E-state index < -0.39 is 0 Å². The van der Waals surface area contributed by atoms with E-state index >= 15 is 0 Å². The molecule has 0 saturated carbocycles. The third kappa shape index (κ3) is 3.51. The molecular formula is C9H19N3O2. The van der Waals surface area contributed by atoms with Gasteiger partial charge in [-0.3, -0.25) is 4.90 Å². The van der Waals surface area contributed by atoms with Crippen LogP contribution in [0.2, 0.25) is 0 Å². The summed E-state index contributed by atoms with van der Waals surface area (Å²) >= 11 is 0. The Labute approximate surface area is 84.5 Å². The summed E-state index contributed by atoms with van der Waals surface area (Å²) in [4.78, 5) is 2.15. The summed E-state index contributed by atoms with van der Waals surface area (Å²) in [6, 6.07) is 0. The van der Waals surface area contributed by atoms with Crippen LogP contribution < -0.4 is 5.73 Å². The van der Waals surface area contributed by atoms with Crippen LogP contribution in [0.3, 0.4) is 0 Å². The molecule has 0 bridgehead atoms. The lowest BCUT2D eigenvalue weighted by Crippen LogP contribution is -2.43. The second-order valence-corrected chi connectivity index (χ2v) is 3.55. The highest BCUT2D eigenvalue weighted by atomic mass is 16.5. The van der Waals surface area contributed by atoms with E-state index in [1.165, 1.54) is 0 Å². The Morgan fingerprint density at radius 1 is 1.71 bits per heavy atom. The Morgan fingerprint density at radius 3 is 3.14 bits per heavy atom. The second kappa shape index (κ2) is 5.82. The van der Waals surface area contributed by atoms with Crippen molar-refractivity contribution in [3.63, 3.8) is 0 Å². The summed E-state index contributed by atoms with van der Waals surface area (Å²) in [5.74, 6) is 0.266. The number of hydrogen-bond donors (Lipinski definition) is 2. The third-order valence-electron chi connectivity index (χ3n) is 2.38. The zero-order valence-corrected chi connectivity index (χ0v) is 8.65. The summed E-state index contributed by atoms with van der Waals surface area (Å²) in [7, 11) is 0. The van der Waals surface area contributed by atoms with Crippen molar-refractivity contribution in [1.29, 1.82) is 0 Å². The largest absolute Gasteiger partial charge is 0.409 e. The smallest absolute Gasteiger partial charge is 0.153 e. The van der Waals surface area contributed by atoms with Crippen molar-refractivity contribution in [2.24, 2.45) is 10.9 Å². The molecule has 1 fully saturated rings. The molecule has 0 spiro atoms. The fourth-order valence-corrected chi connectivity index (χ4v) is 1.79. The van der Waals surface area contributed by atoms with Gasteiger partial charge in [0, 0.05) is 13.2 Å². The predicted octanol–water partition coefficient (Wildman–Crippen LogP) is 0.234. The molecule has 1 aliphatic heterocycles. The number of likely N-dealkylation sites (tertiary alicyclic amines) is 1. The predicted molar refractivity (Wildman–Crippen MR) is 54.5 cm³/mol. The summed E-state index contributed by atoms with van der Waals surface area (Å²) in [6.45, 7) is 5.16. The molecule has 1 unspecified atom stereocenters. The molecule has 1 atom stereocenters. The number of nitrogens with zero attached hydrogens (tertiary/aromatic N) is 2. The SMILES string of the molecule is CCOC1CCCN(CC(N)=NO)C1. The van der Waals surface area contributed by atoms with E-state index in [0.29, 0.717) is 12.6 Å². The fourth-order valence-electron chi connectivity index (χ4n) is 1.79. The molecule has 14 heavy (non-hydrogen) atoms. The van der Waals surface area contributed by atoms with Crippen LogP contribution in [0.15, 0.2) is 5.16 Å². The Bertz CT molecular complexity index is 194. The maximum atomic E-state index is 8.44. The van der Waals surface area contributed by atoms with Crippen LogP contribution in [0, 0.1) is 0 Å². The van der Waals surface area contributed by atoms with Crippen LogP contribution in [0.4, 0.5) is 0 Å². The molecule has 1 heterocycles. The van der Waals surface area contributed by atoms with Crippen molar-refractivity contribution in [2.75, 3.05) is 26.2 Å². The molecule has 5 heteroatoms. The Hall–Kier alpha value is -0.810. The number of piperidine rings is 1. The summed E-state index contributed by atoms with van der Waals surface area (Å²) in [5.41, 5.74) is 5.44. The van der Waals surface area contributed by atoms with Crippen molar-refractivity contribution in [3.05, 3.63) is 0 Å². The molecule has 1 saturated heterocycles. The lowest BCUT2D eigenvalue weighted by molar-refractivity contribution is 0.0101. The zero-order valence-electron chi connectivity index (χ0n) is 8.65. The fraction of sp³-hybridized carbons (Fsp3) is 0.889. The minimum atomic E-state index is 0.266. The van der Waals surface area contributed by atoms with Gasteiger partial charge in [0.1, 0.15) is 0 Å². The molecular weight excluding hydrogens is 182 g/mol. The van der Waals surface area contributed by atoms with E-state index in [2.05, 4.69) is 10.1 Å². The van der Waals surface area contributed by atoms with Gasteiger partial charge >= 0.3 is 0 Å². The van der Waals surface area contributed by atoms with Crippen molar-refractivity contribution in [3.8, 4) is 0 Å². The average Bonchev–Trinajstić information content (AvgIpc) is 2.19. The van der Waals surface area contributed by atoms with Crippen molar-refractivity contribution in [2.45, 2.75) is 25.9 Å². The highest BCUT2D eigenvalue weighted by molar-refractivity contribution is 5.81. The molecule has 1 aliphatic rings. The highest BCUT2D eigenvalue weighted by Crippen LogP contribution is 2.12. The van der Waals surface area contributed by atoms with Crippen LogP contribution in [-0.2, 0) is 4.74 Å². The monoisotopic (exact) mass is 201 g/mol. The van der Waals surface area contributed by atoms with Gasteiger partial charge in [-0.25, -0.2) is 0 Å². The molecule has 0 aromatic heterocycles. The van der Waals surface area contributed by atoms with E-state index in [1.807, 2.05) is 6.92 Å². The van der Waals surface area contributed by atoms with Crippen LogP contribution in [0.5, 0.6) is 0 Å². The molecule has 0 radical (unpaired) electrons. The number of oxime groups is 1. The van der Waals surface area contributed by atoms with Crippen LogP contribution in [-0.4, -0.2) is 48.3 Å². The second-order valence-electron chi connectivity index (χ2n) is 3.55. The van der Waals surface area contributed by atoms with Crippen LogP contribution >= 0.6 is 0 Å². The topological polar surface area (TPSA) is 71.1 Å². The third-order valence-corrected chi connectivity index (χ3v) is 2.38. The highest BCUT2D eigenvalue weighted by Gasteiger charge is 2.20. The quantitative estimate of drug-likeness (QED) is 0.296. The van der Waals surface area contributed by atoms with Gasteiger partial charge < -0.3 is 15.7 Å². The molecule has 1 rings (SSSR count). The van der Waals surface area contributed by atoms with Gasteiger partial charge in [-0.05, 0) is 26.3 Å². The van der Waals surface area contributed by atoms with E-state index in [9.17, 15) is 0 Å². The number of ether oxygens (including phenoxy) is 1. The number of rotatable bonds is 4. The van der Waals surface area contributed by atoms with E-state index in [4.69, 9.17) is 15.7 Å². The average molecular weight is 201 g/mol. The standard InChI is InChI=1S/C9H19N3O2/c1-2-14-8-4-3-5-12(6-8)7-9(10)11-13/h8,13H,2-7H2,1H3,(H2,10,11). The van der Waals surface area contributed by atoms with E-state index in [1.54, 1.807) is 0 Å². The van der Waals surface area contributed by atoms with Gasteiger partial charge in [0.25, 0.3) is 0 Å².